The molecule has 0 bridgehead atoms. The van der Waals surface area contributed by atoms with Gasteiger partial charge in [0, 0.05) is 12.1 Å². The van der Waals surface area contributed by atoms with E-state index in [1.807, 2.05) is 18.2 Å². The smallest absolute Gasteiger partial charge is 0.101 e. The molecule has 0 spiro atoms. The fourth-order valence-corrected chi connectivity index (χ4v) is 3.27. The van der Waals surface area contributed by atoms with Crippen LogP contribution in [-0.4, -0.2) is 18.6 Å². The Balaban J connectivity index is 2.24. The normalized spacial score (nSPS) is 22.0. The number of nitriles is 1. The summed E-state index contributed by atoms with van der Waals surface area (Å²) in [5.74, 6) is 0.713. The van der Waals surface area contributed by atoms with Gasteiger partial charge in [0.05, 0.1) is 11.3 Å². The number of piperidine rings is 1. The van der Waals surface area contributed by atoms with Crippen molar-refractivity contribution in [3.8, 4) is 6.07 Å². The minimum Gasteiger partial charge on any atom is -0.365 e. The van der Waals surface area contributed by atoms with E-state index in [-0.39, 0.29) is 5.54 Å². The fourth-order valence-electron chi connectivity index (χ4n) is 3.27. The second-order valence-electron chi connectivity index (χ2n) is 6.03. The molecule has 0 aliphatic carbocycles. The van der Waals surface area contributed by atoms with Gasteiger partial charge in [0.1, 0.15) is 6.07 Å². The number of hydrogen-bond acceptors (Lipinski definition) is 3. The lowest BCUT2D eigenvalue weighted by Crippen LogP contribution is -2.50. The largest absolute Gasteiger partial charge is 0.365 e. The Morgan fingerprint density at radius 3 is 2.79 bits per heavy atom. The number of para-hydroxylation sites is 1. The molecule has 0 radical (unpaired) electrons. The lowest BCUT2D eigenvalue weighted by molar-refractivity contribution is 0.264. The number of hydrogen-bond donors (Lipinski definition) is 1. The molecule has 1 heterocycles. The van der Waals surface area contributed by atoms with Crippen LogP contribution in [0.3, 0.4) is 0 Å². The van der Waals surface area contributed by atoms with Crippen LogP contribution in [0, 0.1) is 17.2 Å². The van der Waals surface area contributed by atoms with Gasteiger partial charge >= 0.3 is 0 Å². The number of rotatable bonds is 3. The third-order valence-corrected chi connectivity index (χ3v) is 4.17. The molecule has 1 saturated heterocycles. The molecule has 1 aromatic carbocycles. The van der Waals surface area contributed by atoms with Crippen molar-refractivity contribution in [3.05, 3.63) is 29.8 Å². The fraction of sp³-hybridized carbons (Fsp3) is 0.562. The zero-order valence-corrected chi connectivity index (χ0v) is 11.9. The molecule has 1 aliphatic heterocycles. The molecule has 1 unspecified atom stereocenters. The molecule has 2 rings (SSSR count). The van der Waals surface area contributed by atoms with Gasteiger partial charge in [-0.3, -0.25) is 0 Å². The first kappa shape index (κ1) is 13.9. The Labute approximate surface area is 116 Å². The number of nitrogens with zero attached hydrogens (tertiary/aromatic N) is 2. The van der Waals surface area contributed by atoms with Crippen LogP contribution < -0.4 is 10.6 Å². The average molecular weight is 257 g/mol. The van der Waals surface area contributed by atoms with Crippen molar-refractivity contribution < 1.29 is 0 Å². The summed E-state index contributed by atoms with van der Waals surface area (Å²) in [6.07, 6.45) is 3.42. The molecule has 1 atom stereocenters. The van der Waals surface area contributed by atoms with Crippen molar-refractivity contribution in [2.24, 2.45) is 11.7 Å². The molecule has 0 amide bonds. The van der Waals surface area contributed by atoms with E-state index in [4.69, 9.17) is 5.73 Å². The highest BCUT2D eigenvalue weighted by molar-refractivity contribution is 5.60. The first-order chi connectivity index (χ1) is 9.08. The molecule has 3 heteroatoms. The SMILES string of the molecule is CC1(C)CC(CCN)CCN1c1ccccc1C#N. The molecule has 19 heavy (non-hydrogen) atoms. The summed E-state index contributed by atoms with van der Waals surface area (Å²) in [5, 5.41) is 9.26. The summed E-state index contributed by atoms with van der Waals surface area (Å²) < 4.78 is 0. The average Bonchev–Trinajstić information content (AvgIpc) is 2.38. The van der Waals surface area contributed by atoms with Crippen molar-refractivity contribution in [3.63, 3.8) is 0 Å². The summed E-state index contributed by atoms with van der Waals surface area (Å²) in [6, 6.07) is 10.2. The van der Waals surface area contributed by atoms with Crippen molar-refractivity contribution in [1.82, 2.24) is 0 Å². The highest BCUT2D eigenvalue weighted by Gasteiger charge is 2.35. The highest BCUT2D eigenvalue weighted by atomic mass is 15.2. The van der Waals surface area contributed by atoms with E-state index in [9.17, 15) is 5.26 Å². The Hall–Kier alpha value is -1.53. The summed E-state index contributed by atoms with van der Waals surface area (Å²) in [7, 11) is 0. The van der Waals surface area contributed by atoms with E-state index < -0.39 is 0 Å². The third-order valence-electron chi connectivity index (χ3n) is 4.17. The Kier molecular flexibility index (Phi) is 4.11. The third kappa shape index (κ3) is 2.90. The van der Waals surface area contributed by atoms with E-state index in [2.05, 4.69) is 30.9 Å². The molecule has 1 fully saturated rings. The van der Waals surface area contributed by atoms with Gasteiger partial charge < -0.3 is 10.6 Å². The van der Waals surface area contributed by atoms with E-state index in [0.717, 1.165) is 37.2 Å². The van der Waals surface area contributed by atoms with Gasteiger partial charge in [0.15, 0.2) is 0 Å². The van der Waals surface area contributed by atoms with Crippen molar-refractivity contribution in [2.75, 3.05) is 18.0 Å². The maximum atomic E-state index is 9.26. The quantitative estimate of drug-likeness (QED) is 0.906. The maximum absolute atomic E-state index is 9.26. The zero-order chi connectivity index (χ0) is 13.9. The standard InChI is InChI=1S/C16H23N3/c1-16(2)11-13(7-9-17)8-10-19(16)15-6-4-3-5-14(15)12-18/h3-6,13H,7-11,17H2,1-2H3. The Bertz CT molecular complexity index is 473. The van der Waals surface area contributed by atoms with Crippen LogP contribution >= 0.6 is 0 Å². The maximum Gasteiger partial charge on any atom is 0.101 e. The molecule has 0 aromatic heterocycles. The minimum absolute atomic E-state index is 0.0883. The predicted octanol–water partition coefficient (Wildman–Crippen LogP) is 2.90. The van der Waals surface area contributed by atoms with Crippen LogP contribution in [0.25, 0.3) is 0 Å². The van der Waals surface area contributed by atoms with E-state index in [0.29, 0.717) is 5.92 Å². The molecule has 1 aliphatic rings. The molecular formula is C16H23N3. The van der Waals surface area contributed by atoms with Gasteiger partial charge in [-0.1, -0.05) is 12.1 Å². The molecule has 102 valence electrons. The van der Waals surface area contributed by atoms with E-state index in [1.54, 1.807) is 0 Å². The van der Waals surface area contributed by atoms with Crippen LogP contribution in [0.5, 0.6) is 0 Å². The van der Waals surface area contributed by atoms with Crippen LogP contribution in [0.1, 0.15) is 38.7 Å². The van der Waals surface area contributed by atoms with Crippen molar-refractivity contribution >= 4 is 5.69 Å². The first-order valence-corrected chi connectivity index (χ1v) is 7.05. The lowest BCUT2D eigenvalue weighted by atomic mass is 9.80. The van der Waals surface area contributed by atoms with Gasteiger partial charge in [-0.2, -0.15) is 5.26 Å². The monoisotopic (exact) mass is 257 g/mol. The topological polar surface area (TPSA) is 53.0 Å². The molecule has 1 aromatic rings. The van der Waals surface area contributed by atoms with E-state index in [1.165, 1.54) is 6.42 Å². The first-order valence-electron chi connectivity index (χ1n) is 7.05. The molecule has 3 nitrogen and oxygen atoms in total. The van der Waals surface area contributed by atoms with Gasteiger partial charge in [-0.15, -0.1) is 0 Å². The second-order valence-corrected chi connectivity index (χ2v) is 6.03. The summed E-state index contributed by atoms with van der Waals surface area (Å²) in [5.41, 5.74) is 7.61. The summed E-state index contributed by atoms with van der Waals surface area (Å²) >= 11 is 0. The minimum atomic E-state index is 0.0883. The number of benzene rings is 1. The second kappa shape index (κ2) is 5.63. The van der Waals surface area contributed by atoms with Crippen molar-refractivity contribution in [1.29, 1.82) is 5.26 Å². The van der Waals surface area contributed by atoms with Gasteiger partial charge in [-0.05, 0) is 57.7 Å². The molecular weight excluding hydrogens is 234 g/mol. The van der Waals surface area contributed by atoms with Crippen LogP contribution in [0.4, 0.5) is 5.69 Å². The Morgan fingerprint density at radius 2 is 2.16 bits per heavy atom. The van der Waals surface area contributed by atoms with Gasteiger partial charge in [0.2, 0.25) is 0 Å². The Morgan fingerprint density at radius 1 is 1.42 bits per heavy atom. The van der Waals surface area contributed by atoms with E-state index >= 15 is 0 Å². The van der Waals surface area contributed by atoms with Gasteiger partial charge in [-0.25, -0.2) is 0 Å². The number of nitrogens with two attached hydrogens (primary N) is 1. The van der Waals surface area contributed by atoms with Crippen LogP contribution in [0.15, 0.2) is 24.3 Å². The molecule has 2 N–H and O–H groups in total. The van der Waals surface area contributed by atoms with Crippen LogP contribution in [0.2, 0.25) is 0 Å². The van der Waals surface area contributed by atoms with Crippen molar-refractivity contribution in [2.45, 2.75) is 38.6 Å². The predicted molar refractivity (Wildman–Crippen MR) is 79.0 cm³/mol. The summed E-state index contributed by atoms with van der Waals surface area (Å²) in [4.78, 5) is 2.39. The zero-order valence-electron chi connectivity index (χ0n) is 11.9. The van der Waals surface area contributed by atoms with Gasteiger partial charge in [0.25, 0.3) is 0 Å². The highest BCUT2D eigenvalue weighted by Crippen LogP contribution is 2.37. The molecule has 0 saturated carbocycles. The number of anilines is 1. The lowest BCUT2D eigenvalue weighted by Gasteiger charge is -2.47. The van der Waals surface area contributed by atoms with Crippen LogP contribution in [-0.2, 0) is 0 Å². The summed E-state index contributed by atoms with van der Waals surface area (Å²) in [6.45, 7) is 6.32.